The maximum absolute atomic E-state index is 12.7. The van der Waals surface area contributed by atoms with E-state index in [2.05, 4.69) is 15.1 Å². The van der Waals surface area contributed by atoms with Crippen molar-refractivity contribution in [3.63, 3.8) is 0 Å². The van der Waals surface area contributed by atoms with Crippen molar-refractivity contribution in [1.29, 1.82) is 0 Å². The van der Waals surface area contributed by atoms with Gasteiger partial charge in [-0.1, -0.05) is 0 Å². The van der Waals surface area contributed by atoms with E-state index >= 15 is 0 Å². The molecule has 10 nitrogen and oxygen atoms in total. The Hall–Kier alpha value is -4.21. The van der Waals surface area contributed by atoms with Gasteiger partial charge in [-0.2, -0.15) is 0 Å². The third kappa shape index (κ3) is 5.70. The van der Waals surface area contributed by atoms with Crippen LogP contribution in [0, 0.1) is 0 Å². The van der Waals surface area contributed by atoms with Crippen molar-refractivity contribution in [2.24, 2.45) is 0 Å². The largest absolute Gasteiger partial charge is 0.496 e. The summed E-state index contributed by atoms with van der Waals surface area (Å²) in [7, 11) is 6.34. The zero-order valence-corrected chi connectivity index (χ0v) is 20.9. The van der Waals surface area contributed by atoms with E-state index in [-0.39, 0.29) is 12.5 Å². The molecule has 1 aliphatic heterocycles. The summed E-state index contributed by atoms with van der Waals surface area (Å²) in [6, 6.07) is 14.7. The lowest BCUT2D eigenvalue weighted by Crippen LogP contribution is -2.50. The molecule has 10 heteroatoms. The number of hydrogen-bond donors (Lipinski definition) is 0. The summed E-state index contributed by atoms with van der Waals surface area (Å²) < 4.78 is 26.9. The number of benzene rings is 2. The van der Waals surface area contributed by atoms with Crippen LogP contribution < -0.4 is 28.6 Å². The number of nitrogens with zero attached hydrogens (tertiary/aromatic N) is 4. The van der Waals surface area contributed by atoms with Gasteiger partial charge in [-0.25, -0.2) is 0 Å². The molecule has 1 saturated heterocycles. The highest BCUT2D eigenvalue weighted by atomic mass is 16.5. The van der Waals surface area contributed by atoms with Crippen molar-refractivity contribution >= 4 is 11.7 Å². The van der Waals surface area contributed by atoms with Gasteiger partial charge < -0.3 is 33.5 Å². The first-order valence-corrected chi connectivity index (χ1v) is 11.5. The monoisotopic (exact) mass is 494 g/mol. The molecule has 36 heavy (non-hydrogen) atoms. The first-order valence-electron chi connectivity index (χ1n) is 11.5. The van der Waals surface area contributed by atoms with E-state index in [9.17, 15) is 4.79 Å². The number of anilines is 1. The molecule has 0 N–H and O–H groups in total. The summed E-state index contributed by atoms with van der Waals surface area (Å²) >= 11 is 0. The number of carbonyl (C=O) groups excluding carboxylic acids is 1. The zero-order valence-electron chi connectivity index (χ0n) is 20.9. The second kappa shape index (κ2) is 11.5. The van der Waals surface area contributed by atoms with E-state index < -0.39 is 0 Å². The van der Waals surface area contributed by atoms with E-state index in [1.807, 2.05) is 30.3 Å². The summed E-state index contributed by atoms with van der Waals surface area (Å²) in [5.41, 5.74) is 1.62. The molecule has 0 saturated carbocycles. The third-order valence-electron chi connectivity index (χ3n) is 5.97. The normalized spacial score (nSPS) is 13.2. The Morgan fingerprint density at radius 1 is 0.750 bits per heavy atom. The van der Waals surface area contributed by atoms with Gasteiger partial charge in [0.05, 0.1) is 34.1 Å². The number of aromatic nitrogens is 2. The molecule has 2 heterocycles. The van der Waals surface area contributed by atoms with Crippen LogP contribution in [0.4, 0.5) is 5.82 Å². The smallest absolute Gasteiger partial charge is 0.260 e. The quantitative estimate of drug-likeness (QED) is 0.445. The van der Waals surface area contributed by atoms with Crippen molar-refractivity contribution in [1.82, 2.24) is 15.1 Å². The molecule has 0 unspecified atom stereocenters. The van der Waals surface area contributed by atoms with Crippen molar-refractivity contribution in [3.05, 3.63) is 48.5 Å². The fourth-order valence-corrected chi connectivity index (χ4v) is 3.93. The summed E-state index contributed by atoms with van der Waals surface area (Å²) in [6.45, 7) is 2.40. The van der Waals surface area contributed by atoms with Gasteiger partial charge in [0.15, 0.2) is 23.9 Å². The average Bonchev–Trinajstić information content (AvgIpc) is 2.95. The summed E-state index contributed by atoms with van der Waals surface area (Å²) in [6.07, 6.45) is 0. The lowest BCUT2D eigenvalue weighted by molar-refractivity contribution is -0.133. The minimum absolute atomic E-state index is 0.0594. The lowest BCUT2D eigenvalue weighted by atomic mass is 10.1. The Labute approximate surface area is 210 Å². The molecule has 3 aromatic rings. The van der Waals surface area contributed by atoms with Gasteiger partial charge in [-0.15, -0.1) is 10.2 Å². The number of piperazine rings is 1. The van der Waals surface area contributed by atoms with Gasteiger partial charge in [0, 0.05) is 49.9 Å². The van der Waals surface area contributed by atoms with Crippen LogP contribution in [-0.2, 0) is 4.79 Å². The summed E-state index contributed by atoms with van der Waals surface area (Å²) in [5, 5.41) is 8.80. The molecule has 0 radical (unpaired) electrons. The molecule has 0 spiro atoms. The van der Waals surface area contributed by atoms with Crippen LogP contribution in [0.1, 0.15) is 0 Å². The summed E-state index contributed by atoms with van der Waals surface area (Å²) in [4.78, 5) is 16.6. The van der Waals surface area contributed by atoms with Crippen LogP contribution in [0.3, 0.4) is 0 Å². The molecule has 1 aliphatic rings. The highest BCUT2D eigenvalue weighted by Gasteiger charge is 2.23. The van der Waals surface area contributed by atoms with Crippen LogP contribution in [0.2, 0.25) is 0 Å². The lowest BCUT2D eigenvalue weighted by Gasteiger charge is -2.35. The molecular formula is C26H30N4O6. The minimum Gasteiger partial charge on any atom is -0.496 e. The number of rotatable bonds is 9. The van der Waals surface area contributed by atoms with Gasteiger partial charge in [-0.3, -0.25) is 4.79 Å². The number of ether oxygens (including phenoxy) is 5. The van der Waals surface area contributed by atoms with Gasteiger partial charge in [-0.05, 0) is 30.3 Å². The van der Waals surface area contributed by atoms with Crippen LogP contribution in [0.5, 0.6) is 28.7 Å². The highest BCUT2D eigenvalue weighted by Crippen LogP contribution is 2.32. The molecule has 1 amide bonds. The molecular weight excluding hydrogens is 464 g/mol. The number of amides is 1. The summed E-state index contributed by atoms with van der Waals surface area (Å²) in [5.74, 6) is 3.70. The Kier molecular flexibility index (Phi) is 7.94. The van der Waals surface area contributed by atoms with E-state index in [1.165, 1.54) is 0 Å². The van der Waals surface area contributed by atoms with Crippen molar-refractivity contribution < 1.29 is 28.5 Å². The van der Waals surface area contributed by atoms with Crippen LogP contribution >= 0.6 is 0 Å². The second-order valence-corrected chi connectivity index (χ2v) is 8.05. The molecule has 1 fully saturated rings. The molecule has 0 aliphatic carbocycles. The van der Waals surface area contributed by atoms with Crippen LogP contribution in [0.25, 0.3) is 11.3 Å². The number of carbonyl (C=O) groups is 1. The molecule has 1 aromatic heterocycles. The third-order valence-corrected chi connectivity index (χ3v) is 5.97. The highest BCUT2D eigenvalue weighted by molar-refractivity contribution is 5.78. The fourth-order valence-electron chi connectivity index (χ4n) is 3.93. The first kappa shape index (κ1) is 24.9. The zero-order chi connectivity index (χ0) is 25.5. The second-order valence-electron chi connectivity index (χ2n) is 8.05. The predicted molar refractivity (Wildman–Crippen MR) is 134 cm³/mol. The molecule has 4 rings (SSSR count). The number of hydrogen-bond acceptors (Lipinski definition) is 9. The fraction of sp³-hybridized carbons (Fsp3) is 0.346. The SMILES string of the molecule is COc1cc(OC)cc(OCC(=O)N2CCN(c3ccc(-c4ccc(OC)c(OC)c4)nn3)CC2)c1. The molecule has 2 aromatic carbocycles. The molecule has 0 bridgehead atoms. The van der Waals surface area contributed by atoms with E-state index in [0.29, 0.717) is 54.9 Å². The maximum Gasteiger partial charge on any atom is 0.260 e. The minimum atomic E-state index is -0.0775. The van der Waals surface area contributed by atoms with Crippen LogP contribution in [-0.4, -0.2) is 82.2 Å². The van der Waals surface area contributed by atoms with Gasteiger partial charge >= 0.3 is 0 Å². The van der Waals surface area contributed by atoms with Gasteiger partial charge in [0.2, 0.25) is 0 Å². The molecule has 190 valence electrons. The van der Waals surface area contributed by atoms with Crippen molar-refractivity contribution in [2.45, 2.75) is 0 Å². The number of methoxy groups -OCH3 is 4. The predicted octanol–water partition coefficient (Wildman–Crippen LogP) is 2.91. The Morgan fingerprint density at radius 2 is 1.42 bits per heavy atom. The van der Waals surface area contributed by atoms with Crippen LogP contribution in [0.15, 0.2) is 48.5 Å². The topological polar surface area (TPSA) is 95.5 Å². The first-order chi connectivity index (χ1) is 17.5. The van der Waals surface area contributed by atoms with E-state index in [4.69, 9.17) is 23.7 Å². The van der Waals surface area contributed by atoms with Crippen molar-refractivity contribution in [3.8, 4) is 40.0 Å². The van der Waals surface area contributed by atoms with E-state index in [1.54, 1.807) is 51.5 Å². The van der Waals surface area contributed by atoms with Gasteiger partial charge in [0.25, 0.3) is 5.91 Å². The van der Waals surface area contributed by atoms with Gasteiger partial charge in [0.1, 0.15) is 17.2 Å². The average molecular weight is 495 g/mol. The maximum atomic E-state index is 12.7. The Morgan fingerprint density at radius 3 is 2.00 bits per heavy atom. The van der Waals surface area contributed by atoms with E-state index in [0.717, 1.165) is 17.1 Å². The Bertz CT molecular complexity index is 1160. The Balaban J connectivity index is 1.31. The standard InChI is InChI=1S/C26H30N4O6/c1-32-19-14-20(33-2)16-21(15-19)36-17-26(31)30-11-9-29(10-12-30)25-8-6-22(27-28-25)18-5-7-23(34-3)24(13-18)35-4/h5-8,13-16H,9-12,17H2,1-4H3. The van der Waals surface area contributed by atoms with Crippen molar-refractivity contribution in [2.75, 3.05) is 66.1 Å². The molecule has 0 atom stereocenters.